The van der Waals surface area contributed by atoms with E-state index in [9.17, 15) is 0 Å². The molecular weight excluding hydrogens is 524 g/mol. The fourth-order valence-corrected chi connectivity index (χ4v) is 6.44. The summed E-state index contributed by atoms with van der Waals surface area (Å²) >= 11 is 0. The van der Waals surface area contributed by atoms with Crippen LogP contribution in [-0.4, -0.2) is 9.97 Å². The maximum Gasteiger partial charge on any atom is 0.143 e. The van der Waals surface area contributed by atoms with Gasteiger partial charge in [-0.1, -0.05) is 107 Å². The summed E-state index contributed by atoms with van der Waals surface area (Å²) in [6.45, 7) is 8.96. The molecule has 0 saturated carbocycles. The van der Waals surface area contributed by atoms with Gasteiger partial charge in [0.25, 0.3) is 0 Å². The normalized spacial score (nSPS) is 12.1. The van der Waals surface area contributed by atoms with Crippen LogP contribution in [0.15, 0.2) is 114 Å². The Morgan fingerprint density at radius 3 is 1.93 bits per heavy atom. The fraction of sp³-hybridized carbons (Fsp3) is 0.150. The minimum absolute atomic E-state index is 0.423. The number of hydrogen-bond donors (Lipinski definition) is 0. The van der Waals surface area contributed by atoms with Crippen molar-refractivity contribution in [3.63, 3.8) is 0 Å². The van der Waals surface area contributed by atoms with Crippen LogP contribution in [0.1, 0.15) is 50.7 Å². The lowest BCUT2D eigenvalue weighted by Crippen LogP contribution is -1.95. The van der Waals surface area contributed by atoms with Crippen molar-refractivity contribution in [2.75, 3.05) is 0 Å². The molecular formula is C40H32N2O. The van der Waals surface area contributed by atoms with Crippen molar-refractivity contribution in [2.24, 2.45) is 0 Å². The first-order valence-electron chi connectivity index (χ1n) is 15.1. The van der Waals surface area contributed by atoms with Crippen molar-refractivity contribution >= 4 is 54.5 Å². The number of furan rings is 1. The van der Waals surface area contributed by atoms with Gasteiger partial charge in [0.2, 0.25) is 0 Å². The van der Waals surface area contributed by atoms with E-state index in [1.54, 1.807) is 0 Å². The number of aromatic nitrogens is 2. The van der Waals surface area contributed by atoms with Crippen molar-refractivity contribution < 1.29 is 4.42 Å². The molecule has 0 N–H and O–H groups in total. The molecule has 0 bridgehead atoms. The van der Waals surface area contributed by atoms with Gasteiger partial charge in [0.1, 0.15) is 11.2 Å². The average molecular weight is 557 g/mol. The monoisotopic (exact) mass is 556 g/mol. The van der Waals surface area contributed by atoms with E-state index in [4.69, 9.17) is 14.4 Å². The summed E-state index contributed by atoms with van der Waals surface area (Å²) in [5.41, 5.74) is 10.4. The van der Waals surface area contributed by atoms with Crippen LogP contribution in [0.2, 0.25) is 0 Å². The van der Waals surface area contributed by atoms with Gasteiger partial charge >= 0.3 is 0 Å². The summed E-state index contributed by atoms with van der Waals surface area (Å²) in [6.07, 6.45) is 1.93. The van der Waals surface area contributed by atoms with Crippen molar-refractivity contribution in [1.82, 2.24) is 9.97 Å². The Morgan fingerprint density at radius 2 is 1.19 bits per heavy atom. The average Bonchev–Trinajstić information content (AvgIpc) is 3.43. The Balaban J connectivity index is 1.35. The van der Waals surface area contributed by atoms with Crippen molar-refractivity contribution in [3.05, 3.63) is 120 Å². The zero-order valence-electron chi connectivity index (χ0n) is 24.8. The highest BCUT2D eigenvalue weighted by atomic mass is 16.3. The topological polar surface area (TPSA) is 38.9 Å². The molecule has 8 rings (SSSR count). The maximum atomic E-state index is 6.36. The van der Waals surface area contributed by atoms with E-state index >= 15 is 0 Å². The molecule has 2 aromatic heterocycles. The summed E-state index contributed by atoms with van der Waals surface area (Å²) < 4.78 is 6.36. The van der Waals surface area contributed by atoms with Gasteiger partial charge < -0.3 is 4.42 Å². The van der Waals surface area contributed by atoms with E-state index in [0.717, 1.165) is 66.1 Å². The summed E-state index contributed by atoms with van der Waals surface area (Å²) in [4.78, 5) is 10.5. The first-order valence-corrected chi connectivity index (χ1v) is 15.1. The summed E-state index contributed by atoms with van der Waals surface area (Å²) in [6, 6.07) is 36.8. The van der Waals surface area contributed by atoms with Gasteiger partial charge in [0, 0.05) is 32.7 Å². The third kappa shape index (κ3) is 4.11. The molecule has 0 saturated heterocycles. The Hall–Kier alpha value is -5.02. The molecule has 3 heteroatoms. The second-order valence-corrected chi connectivity index (χ2v) is 12.2. The predicted octanol–water partition coefficient (Wildman–Crippen LogP) is 11.4. The zero-order valence-corrected chi connectivity index (χ0v) is 24.8. The molecule has 0 aliphatic rings. The predicted molar refractivity (Wildman–Crippen MR) is 181 cm³/mol. The quantitative estimate of drug-likeness (QED) is 0.202. The van der Waals surface area contributed by atoms with E-state index in [1.165, 1.54) is 21.9 Å². The molecule has 0 unspecified atom stereocenters. The summed E-state index contributed by atoms with van der Waals surface area (Å²) in [5, 5.41) is 7.03. The lowest BCUT2D eigenvalue weighted by atomic mass is 9.92. The molecule has 0 atom stereocenters. The minimum atomic E-state index is 0.423. The van der Waals surface area contributed by atoms with E-state index < -0.39 is 0 Å². The molecule has 8 aromatic rings. The van der Waals surface area contributed by atoms with Gasteiger partial charge in [-0.15, -0.1) is 0 Å². The SMILES string of the molecule is CC(C)c1ccc2c3ccc(C(C)C)cc3c3nc(-c4cccc(-c5cccc6c5oc5ccccc56)c4)cnc3c2c1. The molecule has 0 radical (unpaired) electrons. The molecule has 0 aliphatic carbocycles. The maximum absolute atomic E-state index is 6.36. The molecule has 3 nitrogen and oxygen atoms in total. The van der Waals surface area contributed by atoms with Crippen LogP contribution in [-0.2, 0) is 0 Å². The number of fused-ring (bicyclic) bond motifs is 9. The second kappa shape index (κ2) is 9.78. The van der Waals surface area contributed by atoms with Gasteiger partial charge in [-0.05, 0) is 63.6 Å². The number of hydrogen-bond acceptors (Lipinski definition) is 3. The van der Waals surface area contributed by atoms with Crippen LogP contribution < -0.4 is 0 Å². The van der Waals surface area contributed by atoms with Gasteiger partial charge in [-0.2, -0.15) is 0 Å². The number of nitrogens with zero attached hydrogens (tertiary/aromatic N) is 2. The van der Waals surface area contributed by atoms with Gasteiger partial charge in [-0.3, -0.25) is 4.98 Å². The van der Waals surface area contributed by atoms with Crippen molar-refractivity contribution in [1.29, 1.82) is 0 Å². The first kappa shape index (κ1) is 25.7. The van der Waals surface area contributed by atoms with Gasteiger partial charge in [0.15, 0.2) is 0 Å². The lowest BCUT2D eigenvalue weighted by Gasteiger charge is -2.15. The van der Waals surface area contributed by atoms with Crippen LogP contribution >= 0.6 is 0 Å². The van der Waals surface area contributed by atoms with Crippen molar-refractivity contribution in [2.45, 2.75) is 39.5 Å². The molecule has 0 fully saturated rings. The zero-order chi connectivity index (χ0) is 29.2. The van der Waals surface area contributed by atoms with E-state index in [0.29, 0.717) is 11.8 Å². The van der Waals surface area contributed by atoms with Crippen LogP contribution in [0.4, 0.5) is 0 Å². The standard InChI is InChI=1S/C40H32N2O/c1-23(2)25-15-17-30-31-18-16-26(24(3)4)21-35(31)39-38(34(30)20-25)41-22-36(42-39)28-10-7-9-27(19-28)29-12-8-13-33-32-11-5-6-14-37(32)43-40(29)33/h5-24H,1-4H3. The minimum Gasteiger partial charge on any atom is -0.455 e. The highest BCUT2D eigenvalue weighted by Gasteiger charge is 2.16. The Morgan fingerprint density at radius 1 is 0.535 bits per heavy atom. The number of rotatable bonds is 4. The molecule has 208 valence electrons. The molecule has 43 heavy (non-hydrogen) atoms. The number of benzene rings is 6. The fourth-order valence-electron chi connectivity index (χ4n) is 6.44. The highest BCUT2D eigenvalue weighted by molar-refractivity contribution is 6.23. The third-order valence-electron chi connectivity index (χ3n) is 8.87. The first-order chi connectivity index (χ1) is 21.0. The van der Waals surface area contributed by atoms with E-state index in [-0.39, 0.29) is 0 Å². The largest absolute Gasteiger partial charge is 0.455 e. The lowest BCUT2D eigenvalue weighted by molar-refractivity contribution is 0.670. The second-order valence-electron chi connectivity index (χ2n) is 12.2. The highest BCUT2D eigenvalue weighted by Crippen LogP contribution is 2.39. The molecule has 2 heterocycles. The molecule has 0 aliphatic heterocycles. The third-order valence-corrected chi connectivity index (χ3v) is 8.87. The molecule has 6 aromatic carbocycles. The summed E-state index contributed by atoms with van der Waals surface area (Å²) in [5.74, 6) is 0.858. The summed E-state index contributed by atoms with van der Waals surface area (Å²) in [7, 11) is 0. The van der Waals surface area contributed by atoms with Crippen LogP contribution in [0, 0.1) is 0 Å². The molecule has 0 amide bonds. The van der Waals surface area contributed by atoms with Crippen LogP contribution in [0.25, 0.3) is 76.9 Å². The van der Waals surface area contributed by atoms with E-state index in [1.807, 2.05) is 18.3 Å². The Labute approximate surface area is 250 Å². The smallest absolute Gasteiger partial charge is 0.143 e. The Bertz CT molecular complexity index is 2360. The molecule has 0 spiro atoms. The van der Waals surface area contributed by atoms with E-state index in [2.05, 4.69) is 119 Å². The van der Waals surface area contributed by atoms with Crippen molar-refractivity contribution in [3.8, 4) is 22.4 Å². The van der Waals surface area contributed by atoms with Crippen LogP contribution in [0.3, 0.4) is 0 Å². The van der Waals surface area contributed by atoms with Gasteiger partial charge in [0.05, 0.1) is 22.9 Å². The Kier molecular flexibility index (Phi) is 5.84. The van der Waals surface area contributed by atoms with Crippen LogP contribution in [0.5, 0.6) is 0 Å². The number of para-hydroxylation sites is 2. The van der Waals surface area contributed by atoms with Gasteiger partial charge in [-0.25, -0.2) is 4.98 Å².